The first-order valence-corrected chi connectivity index (χ1v) is 9.89. The van der Waals surface area contributed by atoms with E-state index in [-0.39, 0.29) is 11.7 Å². The Morgan fingerprint density at radius 2 is 1.93 bits per heavy atom. The van der Waals surface area contributed by atoms with E-state index in [2.05, 4.69) is 29.7 Å². The Bertz CT molecular complexity index is 1000. The number of aryl methyl sites for hydroxylation is 1. The second-order valence-corrected chi connectivity index (χ2v) is 8.18. The molecule has 7 nitrogen and oxygen atoms in total. The molecule has 28 heavy (non-hydrogen) atoms. The molecule has 0 amide bonds. The maximum atomic E-state index is 12.9. The summed E-state index contributed by atoms with van der Waals surface area (Å²) in [4.78, 5) is 11.0. The first-order valence-electron chi connectivity index (χ1n) is 9.12. The number of hydrogen-bond acceptors (Lipinski definition) is 7. The summed E-state index contributed by atoms with van der Waals surface area (Å²) in [6.07, 6.45) is -0.897. The number of anilines is 2. The van der Waals surface area contributed by atoms with Gasteiger partial charge in [0.05, 0.1) is 5.56 Å². The summed E-state index contributed by atoms with van der Waals surface area (Å²) in [5.41, 5.74) is -0.536. The maximum Gasteiger partial charge on any atom is 0.416 e. The molecular weight excluding hydrogens is 391 g/mol. The Morgan fingerprint density at radius 1 is 1.18 bits per heavy atom. The average Bonchev–Trinajstić information content (AvgIpc) is 3.30. The molecule has 1 aliphatic carbocycles. The second-order valence-electron chi connectivity index (χ2n) is 7.45. The minimum atomic E-state index is -4.39. The van der Waals surface area contributed by atoms with Crippen LogP contribution in [0.15, 0.2) is 18.3 Å². The van der Waals surface area contributed by atoms with Gasteiger partial charge in [-0.2, -0.15) is 22.5 Å². The third-order valence-corrected chi connectivity index (χ3v) is 6.45. The second kappa shape index (κ2) is 6.29. The maximum absolute atomic E-state index is 12.9. The van der Waals surface area contributed by atoms with Gasteiger partial charge >= 0.3 is 6.18 Å². The molecule has 3 aromatic rings. The molecular formula is C17H18F3N7S. The first-order chi connectivity index (χ1) is 13.4. The van der Waals surface area contributed by atoms with Gasteiger partial charge in [0.25, 0.3) is 0 Å². The predicted octanol–water partition coefficient (Wildman–Crippen LogP) is 3.23. The lowest BCUT2D eigenvalue weighted by Gasteiger charge is -2.37. The van der Waals surface area contributed by atoms with Crippen LogP contribution in [-0.2, 0) is 6.18 Å². The van der Waals surface area contributed by atoms with Crippen LogP contribution in [0.2, 0.25) is 0 Å². The smallest absolute Gasteiger partial charge is 0.349 e. The molecule has 1 aliphatic heterocycles. The molecule has 0 spiro atoms. The summed E-state index contributed by atoms with van der Waals surface area (Å²) in [5.74, 6) is 2.00. The van der Waals surface area contributed by atoms with Crippen LogP contribution in [0.25, 0.3) is 5.65 Å². The molecule has 3 aromatic heterocycles. The minimum Gasteiger partial charge on any atom is -0.349 e. The molecule has 1 saturated carbocycles. The lowest BCUT2D eigenvalue weighted by molar-refractivity contribution is -0.137. The number of hydrogen-bond donors (Lipinski definition) is 1. The zero-order valence-electron chi connectivity index (χ0n) is 15.0. The normalized spacial score (nSPS) is 24.9. The molecule has 0 radical (unpaired) electrons. The van der Waals surface area contributed by atoms with Gasteiger partial charge in [-0.25, -0.2) is 9.50 Å². The number of piperidine rings is 1. The van der Waals surface area contributed by atoms with Crippen molar-refractivity contribution < 1.29 is 13.2 Å². The van der Waals surface area contributed by atoms with Crippen LogP contribution >= 0.6 is 11.5 Å². The Morgan fingerprint density at radius 3 is 2.57 bits per heavy atom. The van der Waals surface area contributed by atoms with Crippen molar-refractivity contribution in [3.63, 3.8) is 0 Å². The van der Waals surface area contributed by atoms with E-state index in [1.807, 2.05) is 6.92 Å². The topological polar surface area (TPSA) is 71.2 Å². The monoisotopic (exact) mass is 409 g/mol. The first kappa shape index (κ1) is 17.7. The summed E-state index contributed by atoms with van der Waals surface area (Å²) in [6.45, 7) is 3.66. The third-order valence-electron chi connectivity index (χ3n) is 5.58. The number of halogens is 3. The van der Waals surface area contributed by atoms with Crippen LogP contribution < -0.4 is 10.2 Å². The molecule has 0 aromatic carbocycles. The fourth-order valence-corrected chi connectivity index (χ4v) is 4.99. The van der Waals surface area contributed by atoms with Crippen LogP contribution in [0.1, 0.15) is 24.2 Å². The average molecular weight is 409 g/mol. The zero-order valence-corrected chi connectivity index (χ0v) is 15.8. The fraction of sp³-hybridized carbons (Fsp3) is 0.529. The van der Waals surface area contributed by atoms with Crippen molar-refractivity contribution in [1.29, 1.82) is 0 Å². The standard InChI is InChI=1S/C17H18F3N7S/c1-9-21-16(28-25-9)26-7-10-2-3-11(8-26)14(10)23-15-22-13-6-12(17(18,19)20)4-5-27(13)24-15/h4-6,10-11,14H,2-3,7-8H2,1H3,(H,23,24)/t10-,11+,14?. The van der Waals surface area contributed by atoms with E-state index in [0.29, 0.717) is 17.8 Å². The van der Waals surface area contributed by atoms with E-state index < -0.39 is 11.7 Å². The Balaban J connectivity index is 1.34. The fourth-order valence-electron chi connectivity index (χ4n) is 4.30. The van der Waals surface area contributed by atoms with Gasteiger partial charge in [-0.1, -0.05) is 0 Å². The zero-order chi connectivity index (χ0) is 19.5. The molecule has 1 saturated heterocycles. The number of alkyl halides is 3. The van der Waals surface area contributed by atoms with Crippen molar-refractivity contribution in [2.24, 2.45) is 11.8 Å². The lowest BCUT2D eigenvalue weighted by atomic mass is 9.92. The largest absolute Gasteiger partial charge is 0.416 e. The van der Waals surface area contributed by atoms with Gasteiger partial charge in [0.1, 0.15) is 5.82 Å². The Labute approximate surface area is 162 Å². The molecule has 1 unspecified atom stereocenters. The van der Waals surface area contributed by atoms with Crippen molar-refractivity contribution >= 4 is 28.3 Å². The number of pyridine rings is 1. The van der Waals surface area contributed by atoms with Gasteiger partial charge in [-0.15, -0.1) is 5.10 Å². The van der Waals surface area contributed by atoms with E-state index in [4.69, 9.17) is 0 Å². The minimum absolute atomic E-state index is 0.187. The van der Waals surface area contributed by atoms with Gasteiger partial charge in [0.15, 0.2) is 5.65 Å². The van der Waals surface area contributed by atoms with Crippen molar-refractivity contribution in [3.8, 4) is 0 Å². The SMILES string of the molecule is Cc1nsc(N2C[C@H]3CC[C@@H](C2)C3Nc2nc3cc(C(F)(F)F)ccn3n2)n1. The number of aromatic nitrogens is 5. The van der Waals surface area contributed by atoms with Gasteiger partial charge in [0.2, 0.25) is 11.1 Å². The van der Waals surface area contributed by atoms with Crippen LogP contribution in [0.3, 0.4) is 0 Å². The van der Waals surface area contributed by atoms with E-state index in [9.17, 15) is 13.2 Å². The highest BCUT2D eigenvalue weighted by Crippen LogP contribution is 2.40. The molecule has 11 heteroatoms. The van der Waals surface area contributed by atoms with Crippen LogP contribution in [0, 0.1) is 18.8 Å². The summed E-state index contributed by atoms with van der Waals surface area (Å²) in [5, 5.41) is 8.64. The number of rotatable bonds is 3. The highest BCUT2D eigenvalue weighted by atomic mass is 32.1. The van der Waals surface area contributed by atoms with Gasteiger partial charge < -0.3 is 10.2 Å². The van der Waals surface area contributed by atoms with Crippen molar-refractivity contribution in [2.75, 3.05) is 23.3 Å². The summed E-state index contributed by atoms with van der Waals surface area (Å²) >= 11 is 1.42. The van der Waals surface area contributed by atoms with Gasteiger partial charge in [-0.05, 0) is 43.7 Å². The van der Waals surface area contributed by atoms with E-state index in [1.165, 1.54) is 22.2 Å². The molecule has 3 atom stereocenters. The number of nitrogens with zero attached hydrogens (tertiary/aromatic N) is 6. The number of nitrogens with one attached hydrogen (secondary N) is 1. The molecule has 2 fully saturated rings. The highest BCUT2D eigenvalue weighted by Gasteiger charge is 2.43. The lowest BCUT2D eigenvalue weighted by Crippen LogP contribution is -2.48. The molecule has 2 bridgehead atoms. The molecule has 4 heterocycles. The molecule has 148 valence electrons. The van der Waals surface area contributed by atoms with Crippen LogP contribution in [-0.4, -0.2) is 43.1 Å². The van der Waals surface area contributed by atoms with Gasteiger partial charge in [0, 0.05) is 36.9 Å². The third kappa shape index (κ3) is 3.07. The molecule has 2 aliphatic rings. The van der Waals surface area contributed by atoms with Crippen molar-refractivity contribution in [1.82, 2.24) is 24.0 Å². The molecule has 5 rings (SSSR count). The van der Waals surface area contributed by atoms with Crippen molar-refractivity contribution in [3.05, 3.63) is 29.7 Å². The van der Waals surface area contributed by atoms with Crippen LogP contribution in [0.4, 0.5) is 24.3 Å². The van der Waals surface area contributed by atoms with E-state index >= 15 is 0 Å². The highest BCUT2D eigenvalue weighted by molar-refractivity contribution is 7.09. The van der Waals surface area contributed by atoms with E-state index in [0.717, 1.165) is 49.0 Å². The summed E-state index contributed by atoms with van der Waals surface area (Å²) < 4.78 is 44.3. The van der Waals surface area contributed by atoms with Crippen LogP contribution in [0.5, 0.6) is 0 Å². The summed E-state index contributed by atoms with van der Waals surface area (Å²) in [7, 11) is 0. The molecule has 1 N–H and O–H groups in total. The van der Waals surface area contributed by atoms with Gasteiger partial charge in [-0.3, -0.25) is 0 Å². The predicted molar refractivity (Wildman–Crippen MR) is 98.5 cm³/mol. The Kier molecular flexibility index (Phi) is 3.97. The quantitative estimate of drug-likeness (QED) is 0.716. The Hall–Kier alpha value is -2.43. The number of fused-ring (bicyclic) bond motifs is 3. The van der Waals surface area contributed by atoms with E-state index in [1.54, 1.807) is 0 Å². The summed E-state index contributed by atoms with van der Waals surface area (Å²) in [6, 6.07) is 2.25. The van der Waals surface area contributed by atoms with Crippen molar-refractivity contribution in [2.45, 2.75) is 32.0 Å².